The Hall–Kier alpha value is -1.89. The van der Waals surface area contributed by atoms with Crippen molar-refractivity contribution < 1.29 is 4.79 Å². The summed E-state index contributed by atoms with van der Waals surface area (Å²) in [4.78, 5) is 17.2. The number of amides is 1. The number of nitrogens with one attached hydrogen (secondary N) is 1. The van der Waals surface area contributed by atoms with Crippen molar-refractivity contribution in [3.63, 3.8) is 0 Å². The van der Waals surface area contributed by atoms with Crippen LogP contribution in [0.1, 0.15) is 30.4 Å². The van der Waals surface area contributed by atoms with Gasteiger partial charge in [0, 0.05) is 11.1 Å². The summed E-state index contributed by atoms with van der Waals surface area (Å²) in [5.41, 5.74) is 2.58. The van der Waals surface area contributed by atoms with E-state index in [4.69, 9.17) is 11.6 Å². The third kappa shape index (κ3) is 2.60. The highest BCUT2D eigenvalue weighted by atomic mass is 35.5. The van der Waals surface area contributed by atoms with Crippen LogP contribution in [0.25, 0.3) is 20.4 Å². The molecule has 0 aliphatic carbocycles. The second kappa shape index (κ2) is 5.88. The summed E-state index contributed by atoms with van der Waals surface area (Å²) in [6.07, 6.45) is 0. The normalized spacial score (nSPS) is 11.7. The van der Waals surface area contributed by atoms with Crippen molar-refractivity contribution in [1.29, 1.82) is 0 Å². The summed E-state index contributed by atoms with van der Waals surface area (Å²) in [5.74, 6) is -0.141. The predicted octanol–water partition coefficient (Wildman–Crippen LogP) is 5.80. The molecule has 4 nitrogen and oxygen atoms in total. The number of anilines is 1. The van der Waals surface area contributed by atoms with E-state index in [1.54, 1.807) is 17.4 Å². The molecule has 0 spiro atoms. The number of carbonyl (C=O) groups is 1. The highest BCUT2D eigenvalue weighted by molar-refractivity contribution is 7.22. The van der Waals surface area contributed by atoms with Gasteiger partial charge in [-0.05, 0) is 49.6 Å². The lowest BCUT2D eigenvalue weighted by molar-refractivity contribution is 0.101. The van der Waals surface area contributed by atoms with Gasteiger partial charge in [-0.2, -0.15) is 0 Å². The number of hydrogen-bond donors (Lipinski definition) is 1. The number of halogens is 1. The van der Waals surface area contributed by atoms with Crippen molar-refractivity contribution in [3.05, 3.63) is 46.4 Å². The zero-order valence-electron chi connectivity index (χ0n) is 13.0. The van der Waals surface area contributed by atoms with Crippen LogP contribution in [0.15, 0.2) is 35.7 Å². The van der Waals surface area contributed by atoms with Gasteiger partial charge in [-0.3, -0.25) is 10.1 Å². The molecule has 0 aliphatic rings. The minimum absolute atomic E-state index is 0.141. The summed E-state index contributed by atoms with van der Waals surface area (Å²) in [6.45, 7) is 4.15. The fourth-order valence-electron chi connectivity index (χ4n) is 2.79. The maximum atomic E-state index is 12.8. The van der Waals surface area contributed by atoms with E-state index >= 15 is 0 Å². The summed E-state index contributed by atoms with van der Waals surface area (Å²) in [6, 6.07) is 9.71. The Morgan fingerprint density at radius 3 is 2.88 bits per heavy atom. The molecule has 1 amide bonds. The molecule has 3 aromatic heterocycles. The first kappa shape index (κ1) is 15.6. The zero-order valence-corrected chi connectivity index (χ0v) is 15.4. The zero-order chi connectivity index (χ0) is 16.8. The highest BCUT2D eigenvalue weighted by Gasteiger charge is 2.19. The molecule has 0 aliphatic heterocycles. The lowest BCUT2D eigenvalue weighted by Gasteiger charge is -2.13. The van der Waals surface area contributed by atoms with Gasteiger partial charge >= 0.3 is 0 Å². The van der Waals surface area contributed by atoms with E-state index in [-0.39, 0.29) is 11.9 Å². The first-order valence-corrected chi connectivity index (χ1v) is 9.56. The Bertz CT molecular complexity index is 1060. The number of thiazole rings is 1. The number of carbonyl (C=O) groups excluding carboxylic acids is 1. The van der Waals surface area contributed by atoms with Crippen LogP contribution in [0, 0.1) is 0 Å². The predicted molar refractivity (Wildman–Crippen MR) is 103 cm³/mol. The standard InChI is InChI=1S/C17H14ClN3OS2/c1-9(2)21-12-5-6-23-15(12)8-13(21)16(22)20-17-19-11-4-3-10(18)7-14(11)24-17/h3-9H,1-2H3,(H,19,20,22). The molecule has 0 fully saturated rings. The van der Waals surface area contributed by atoms with Crippen molar-refractivity contribution in [3.8, 4) is 0 Å². The van der Waals surface area contributed by atoms with Gasteiger partial charge in [-0.1, -0.05) is 22.9 Å². The number of benzene rings is 1. The first-order chi connectivity index (χ1) is 11.5. The van der Waals surface area contributed by atoms with Gasteiger partial charge in [0.1, 0.15) is 5.69 Å². The van der Waals surface area contributed by atoms with Crippen molar-refractivity contribution in [2.24, 2.45) is 0 Å². The van der Waals surface area contributed by atoms with E-state index in [0.29, 0.717) is 15.8 Å². The van der Waals surface area contributed by atoms with Crippen LogP contribution in [0.2, 0.25) is 5.02 Å². The number of fused-ring (bicyclic) bond motifs is 2. The molecular formula is C17H14ClN3OS2. The fourth-order valence-corrected chi connectivity index (χ4v) is 4.74. The smallest absolute Gasteiger partial charge is 0.274 e. The molecule has 4 rings (SSSR count). The van der Waals surface area contributed by atoms with E-state index in [2.05, 4.69) is 34.8 Å². The van der Waals surface area contributed by atoms with E-state index in [1.165, 1.54) is 11.3 Å². The maximum absolute atomic E-state index is 12.8. The van der Waals surface area contributed by atoms with Crippen molar-refractivity contribution >= 4 is 65.7 Å². The van der Waals surface area contributed by atoms with Crippen molar-refractivity contribution in [1.82, 2.24) is 9.55 Å². The topological polar surface area (TPSA) is 46.9 Å². The molecule has 0 saturated carbocycles. The summed E-state index contributed by atoms with van der Waals surface area (Å²) < 4.78 is 4.13. The summed E-state index contributed by atoms with van der Waals surface area (Å²) in [5, 5.41) is 6.21. The number of nitrogens with zero attached hydrogens (tertiary/aromatic N) is 2. The molecule has 0 unspecified atom stereocenters. The number of thiophene rings is 1. The van der Waals surface area contributed by atoms with Crippen LogP contribution >= 0.6 is 34.3 Å². The Morgan fingerprint density at radius 1 is 1.25 bits per heavy atom. The molecule has 0 saturated heterocycles. The van der Waals surface area contributed by atoms with E-state index in [1.807, 2.05) is 23.6 Å². The van der Waals surface area contributed by atoms with E-state index in [9.17, 15) is 4.79 Å². The van der Waals surface area contributed by atoms with Gasteiger partial charge in [0.2, 0.25) is 0 Å². The van der Waals surface area contributed by atoms with Gasteiger partial charge in [-0.25, -0.2) is 4.98 Å². The Kier molecular flexibility index (Phi) is 3.83. The lowest BCUT2D eigenvalue weighted by atomic mass is 10.3. The second-order valence-corrected chi connectivity index (χ2v) is 8.16. The third-order valence-electron chi connectivity index (χ3n) is 3.78. The van der Waals surface area contributed by atoms with Gasteiger partial charge in [0.25, 0.3) is 5.91 Å². The van der Waals surface area contributed by atoms with Gasteiger partial charge in [0.05, 0.1) is 20.4 Å². The molecule has 0 bridgehead atoms. The van der Waals surface area contributed by atoms with Gasteiger partial charge in [-0.15, -0.1) is 11.3 Å². The van der Waals surface area contributed by atoms with Crippen molar-refractivity contribution in [2.45, 2.75) is 19.9 Å². The van der Waals surface area contributed by atoms with Crippen LogP contribution in [-0.4, -0.2) is 15.5 Å². The molecule has 7 heteroatoms. The number of rotatable bonds is 3. The third-order valence-corrected chi connectivity index (χ3v) is 5.80. The molecule has 1 aromatic carbocycles. The molecule has 1 N–H and O–H groups in total. The molecule has 0 radical (unpaired) electrons. The van der Waals surface area contributed by atoms with Crippen LogP contribution in [0.3, 0.4) is 0 Å². The Labute approximate surface area is 151 Å². The lowest BCUT2D eigenvalue weighted by Crippen LogP contribution is -2.18. The molecule has 122 valence electrons. The second-order valence-electron chi connectivity index (χ2n) is 5.75. The molecule has 3 heterocycles. The van der Waals surface area contributed by atoms with Gasteiger partial charge in [0.15, 0.2) is 5.13 Å². The summed E-state index contributed by atoms with van der Waals surface area (Å²) in [7, 11) is 0. The quantitative estimate of drug-likeness (QED) is 0.492. The maximum Gasteiger partial charge on any atom is 0.274 e. The van der Waals surface area contributed by atoms with Crippen LogP contribution in [0.5, 0.6) is 0 Å². The first-order valence-electron chi connectivity index (χ1n) is 7.49. The van der Waals surface area contributed by atoms with Crippen LogP contribution < -0.4 is 5.32 Å². The van der Waals surface area contributed by atoms with E-state index in [0.717, 1.165) is 20.4 Å². The number of hydrogen-bond acceptors (Lipinski definition) is 4. The monoisotopic (exact) mass is 375 g/mol. The highest BCUT2D eigenvalue weighted by Crippen LogP contribution is 2.31. The minimum atomic E-state index is -0.141. The molecule has 0 atom stereocenters. The number of aromatic nitrogens is 2. The summed E-state index contributed by atoms with van der Waals surface area (Å²) >= 11 is 9.07. The van der Waals surface area contributed by atoms with Crippen LogP contribution in [0.4, 0.5) is 5.13 Å². The average Bonchev–Trinajstić information content (AvgIpc) is 3.18. The minimum Gasteiger partial charge on any atom is -0.333 e. The fraction of sp³-hybridized carbons (Fsp3) is 0.176. The SMILES string of the molecule is CC(C)n1c(C(=O)Nc2nc3ccc(Cl)cc3s2)cc2sccc21. The van der Waals surface area contributed by atoms with Crippen molar-refractivity contribution in [2.75, 3.05) is 5.32 Å². The Morgan fingerprint density at radius 2 is 2.08 bits per heavy atom. The average molecular weight is 376 g/mol. The molecule has 24 heavy (non-hydrogen) atoms. The largest absolute Gasteiger partial charge is 0.333 e. The van der Waals surface area contributed by atoms with Crippen LogP contribution in [-0.2, 0) is 0 Å². The Balaban J connectivity index is 1.70. The van der Waals surface area contributed by atoms with E-state index < -0.39 is 0 Å². The van der Waals surface area contributed by atoms with Gasteiger partial charge < -0.3 is 4.57 Å². The molecule has 4 aromatic rings. The molecular weight excluding hydrogens is 362 g/mol.